The Labute approximate surface area is 114 Å². The van der Waals surface area contributed by atoms with Crippen LogP contribution in [0, 0.1) is 5.92 Å². The van der Waals surface area contributed by atoms with Crippen molar-refractivity contribution >= 4 is 11.9 Å². The maximum atomic E-state index is 12.2. The monoisotopic (exact) mass is 271 g/mol. The first kappa shape index (κ1) is 16.0. The highest BCUT2D eigenvalue weighted by molar-refractivity contribution is 5.87. The lowest BCUT2D eigenvalue weighted by Gasteiger charge is -2.35. The Balaban J connectivity index is 2.95. The number of nitrogens with two attached hydrogens (primary N) is 1. The van der Waals surface area contributed by atoms with Gasteiger partial charge in [-0.05, 0) is 33.6 Å². The van der Waals surface area contributed by atoms with Crippen LogP contribution in [0.5, 0.6) is 0 Å². The third kappa shape index (κ3) is 4.20. The topological polar surface area (TPSA) is 89.6 Å². The van der Waals surface area contributed by atoms with E-state index in [0.29, 0.717) is 12.8 Å². The van der Waals surface area contributed by atoms with Gasteiger partial charge in [0.2, 0.25) is 0 Å². The molecule has 0 bridgehead atoms. The third-order valence-corrected chi connectivity index (χ3v) is 3.54. The van der Waals surface area contributed by atoms with Crippen LogP contribution < -0.4 is 5.73 Å². The van der Waals surface area contributed by atoms with Gasteiger partial charge in [-0.3, -0.25) is 9.59 Å². The summed E-state index contributed by atoms with van der Waals surface area (Å²) in [4.78, 5) is 23.7. The van der Waals surface area contributed by atoms with E-state index in [2.05, 4.69) is 0 Å². The molecule has 0 amide bonds. The fourth-order valence-electron chi connectivity index (χ4n) is 2.51. The van der Waals surface area contributed by atoms with Crippen molar-refractivity contribution in [3.8, 4) is 0 Å². The normalized spacial score (nSPS) is 29.2. The maximum Gasteiger partial charge on any atom is 0.324 e. The second-order valence-corrected chi connectivity index (χ2v) is 6.38. The molecule has 3 N–H and O–H groups in total. The molecule has 0 aliphatic heterocycles. The van der Waals surface area contributed by atoms with Gasteiger partial charge in [-0.15, -0.1) is 0 Å². The summed E-state index contributed by atoms with van der Waals surface area (Å²) in [5.74, 6) is -2.35. The summed E-state index contributed by atoms with van der Waals surface area (Å²) in [7, 11) is 0. The Hall–Kier alpha value is -1.10. The van der Waals surface area contributed by atoms with Crippen molar-refractivity contribution in [3.63, 3.8) is 0 Å². The van der Waals surface area contributed by atoms with Crippen LogP contribution in [-0.4, -0.2) is 28.2 Å². The van der Waals surface area contributed by atoms with Crippen molar-refractivity contribution in [3.05, 3.63) is 0 Å². The zero-order valence-corrected chi connectivity index (χ0v) is 12.1. The standard InChI is InChI=1S/C14H25NO4/c1-13(2,3)19-11(16)10-8-6-4-5-7-9-14(10,15)12(17)18/h10H,4-9,15H2,1-3H3,(H,17,18). The molecule has 0 aromatic heterocycles. The molecule has 19 heavy (non-hydrogen) atoms. The minimum atomic E-state index is -1.50. The van der Waals surface area contributed by atoms with Crippen molar-refractivity contribution < 1.29 is 19.4 Å². The summed E-state index contributed by atoms with van der Waals surface area (Å²) in [6, 6.07) is 0. The molecule has 0 spiro atoms. The summed E-state index contributed by atoms with van der Waals surface area (Å²) in [5, 5.41) is 9.40. The summed E-state index contributed by atoms with van der Waals surface area (Å²) in [6.45, 7) is 5.31. The molecule has 0 aromatic rings. The van der Waals surface area contributed by atoms with Crippen LogP contribution in [-0.2, 0) is 14.3 Å². The van der Waals surface area contributed by atoms with Gasteiger partial charge in [0.15, 0.2) is 0 Å². The maximum absolute atomic E-state index is 12.2. The van der Waals surface area contributed by atoms with Crippen LogP contribution in [0.2, 0.25) is 0 Å². The molecular weight excluding hydrogens is 246 g/mol. The zero-order chi connectivity index (χ0) is 14.7. The SMILES string of the molecule is CC(C)(C)OC(=O)C1CCCCCCC1(N)C(=O)O. The zero-order valence-electron chi connectivity index (χ0n) is 12.1. The minimum Gasteiger partial charge on any atom is -0.480 e. The Kier molecular flexibility index (Phi) is 4.96. The van der Waals surface area contributed by atoms with E-state index in [-0.39, 0.29) is 0 Å². The molecule has 2 unspecified atom stereocenters. The molecule has 1 aliphatic carbocycles. The molecule has 0 radical (unpaired) electrons. The summed E-state index contributed by atoms with van der Waals surface area (Å²) >= 11 is 0. The fourth-order valence-corrected chi connectivity index (χ4v) is 2.51. The number of hydrogen-bond donors (Lipinski definition) is 2. The van der Waals surface area contributed by atoms with Gasteiger partial charge >= 0.3 is 11.9 Å². The summed E-state index contributed by atoms with van der Waals surface area (Å²) < 4.78 is 5.34. The van der Waals surface area contributed by atoms with Crippen molar-refractivity contribution in [2.45, 2.75) is 70.4 Å². The highest BCUT2D eigenvalue weighted by atomic mass is 16.6. The molecule has 2 atom stereocenters. The molecule has 1 aliphatic rings. The lowest BCUT2D eigenvalue weighted by Crippen LogP contribution is -2.57. The first-order valence-corrected chi connectivity index (χ1v) is 6.92. The summed E-state index contributed by atoms with van der Waals surface area (Å²) in [5.41, 5.74) is 3.91. The quantitative estimate of drug-likeness (QED) is 0.750. The van der Waals surface area contributed by atoms with Crippen LogP contribution in [0.1, 0.15) is 59.3 Å². The van der Waals surface area contributed by atoms with E-state index in [4.69, 9.17) is 10.5 Å². The number of hydrogen-bond acceptors (Lipinski definition) is 4. The number of ether oxygens (including phenoxy) is 1. The van der Waals surface area contributed by atoms with Gasteiger partial charge in [-0.2, -0.15) is 0 Å². The van der Waals surface area contributed by atoms with Crippen LogP contribution in [0.15, 0.2) is 0 Å². The van der Waals surface area contributed by atoms with Gasteiger partial charge < -0.3 is 15.6 Å². The van der Waals surface area contributed by atoms with E-state index in [1.807, 2.05) is 0 Å². The van der Waals surface area contributed by atoms with Gasteiger partial charge in [0, 0.05) is 0 Å². The van der Waals surface area contributed by atoms with Crippen molar-refractivity contribution in [2.75, 3.05) is 0 Å². The number of carboxylic acids is 1. The molecule has 0 aromatic carbocycles. The lowest BCUT2D eigenvalue weighted by atomic mass is 9.75. The van der Waals surface area contributed by atoms with Gasteiger partial charge in [-0.1, -0.05) is 25.7 Å². The van der Waals surface area contributed by atoms with E-state index in [0.717, 1.165) is 25.7 Å². The molecule has 0 saturated heterocycles. The Morgan fingerprint density at radius 3 is 2.32 bits per heavy atom. The van der Waals surface area contributed by atoms with Crippen molar-refractivity contribution in [1.29, 1.82) is 0 Å². The van der Waals surface area contributed by atoms with Crippen LogP contribution in [0.25, 0.3) is 0 Å². The highest BCUT2D eigenvalue weighted by Gasteiger charge is 2.47. The van der Waals surface area contributed by atoms with E-state index >= 15 is 0 Å². The van der Waals surface area contributed by atoms with E-state index in [9.17, 15) is 14.7 Å². The number of aliphatic carboxylic acids is 1. The van der Waals surface area contributed by atoms with Gasteiger partial charge in [0.1, 0.15) is 11.1 Å². The molecule has 1 rings (SSSR count). The average Bonchev–Trinajstić information content (AvgIpc) is 2.20. The molecule has 5 nitrogen and oxygen atoms in total. The fraction of sp³-hybridized carbons (Fsp3) is 0.857. The lowest BCUT2D eigenvalue weighted by molar-refractivity contribution is -0.169. The Morgan fingerprint density at radius 2 is 1.79 bits per heavy atom. The predicted octanol–water partition coefficient (Wildman–Crippen LogP) is 2.08. The molecule has 5 heteroatoms. The number of carbonyl (C=O) groups is 2. The van der Waals surface area contributed by atoms with E-state index < -0.39 is 29.0 Å². The molecular formula is C14H25NO4. The third-order valence-electron chi connectivity index (χ3n) is 3.54. The van der Waals surface area contributed by atoms with Crippen LogP contribution in [0.4, 0.5) is 0 Å². The smallest absolute Gasteiger partial charge is 0.324 e. The summed E-state index contributed by atoms with van der Waals surface area (Å²) in [6.07, 6.45) is 4.34. The second-order valence-electron chi connectivity index (χ2n) is 6.38. The number of carboxylic acid groups (broad SMARTS) is 1. The number of rotatable bonds is 2. The van der Waals surface area contributed by atoms with Crippen molar-refractivity contribution in [2.24, 2.45) is 11.7 Å². The van der Waals surface area contributed by atoms with Crippen LogP contribution >= 0.6 is 0 Å². The second kappa shape index (κ2) is 5.90. The molecule has 110 valence electrons. The Bertz CT molecular complexity index is 348. The van der Waals surface area contributed by atoms with E-state index in [1.54, 1.807) is 20.8 Å². The van der Waals surface area contributed by atoms with Crippen LogP contribution in [0.3, 0.4) is 0 Å². The first-order valence-electron chi connectivity index (χ1n) is 6.92. The minimum absolute atomic E-state index is 0.326. The molecule has 0 heterocycles. The average molecular weight is 271 g/mol. The number of esters is 1. The first-order chi connectivity index (χ1) is 8.67. The molecule has 1 fully saturated rings. The Morgan fingerprint density at radius 1 is 1.21 bits per heavy atom. The van der Waals surface area contributed by atoms with Crippen molar-refractivity contribution in [1.82, 2.24) is 0 Å². The van der Waals surface area contributed by atoms with Gasteiger partial charge in [-0.25, -0.2) is 0 Å². The van der Waals surface area contributed by atoms with E-state index in [1.165, 1.54) is 0 Å². The predicted molar refractivity (Wildman–Crippen MR) is 71.6 cm³/mol. The van der Waals surface area contributed by atoms with Gasteiger partial charge in [0.25, 0.3) is 0 Å². The van der Waals surface area contributed by atoms with Gasteiger partial charge in [0.05, 0.1) is 5.92 Å². The molecule has 1 saturated carbocycles. The largest absolute Gasteiger partial charge is 0.480 e. The highest BCUT2D eigenvalue weighted by Crippen LogP contribution is 2.32. The number of carbonyl (C=O) groups excluding carboxylic acids is 1.